The quantitative estimate of drug-likeness (QED) is 0.482. The summed E-state index contributed by atoms with van der Waals surface area (Å²) in [4.78, 5) is 11.3. The monoisotopic (exact) mass is 445 g/mol. The maximum atomic E-state index is 13.4. The predicted molar refractivity (Wildman–Crippen MR) is 124 cm³/mol. The highest BCUT2D eigenvalue weighted by Gasteiger charge is 2.36. The minimum absolute atomic E-state index is 0.0186. The van der Waals surface area contributed by atoms with Crippen molar-refractivity contribution >= 4 is 22.6 Å². The van der Waals surface area contributed by atoms with Crippen LogP contribution in [0.1, 0.15) is 56.6 Å². The third-order valence-electron chi connectivity index (χ3n) is 6.54. The van der Waals surface area contributed by atoms with Gasteiger partial charge >= 0.3 is 0 Å². The number of aliphatic hydroxyl groups excluding tert-OH is 1. The number of halogens is 2. The van der Waals surface area contributed by atoms with Gasteiger partial charge in [0.2, 0.25) is 5.92 Å². The maximum Gasteiger partial charge on any atom is 0.248 e. The van der Waals surface area contributed by atoms with Crippen molar-refractivity contribution < 1.29 is 13.9 Å². The molecule has 0 bridgehead atoms. The average Bonchev–Trinajstić information content (AvgIpc) is 2.74. The third-order valence-corrected chi connectivity index (χ3v) is 6.54. The highest BCUT2D eigenvalue weighted by molar-refractivity contribution is 6.04. The fraction of sp³-hybridized carbons (Fsp3) is 0.583. The number of aromatic nitrogens is 1. The lowest BCUT2D eigenvalue weighted by atomic mass is 9.91. The van der Waals surface area contributed by atoms with E-state index in [9.17, 15) is 13.9 Å². The predicted octanol–water partition coefficient (Wildman–Crippen LogP) is 3.72. The summed E-state index contributed by atoms with van der Waals surface area (Å²) in [6, 6.07) is 8.60. The van der Waals surface area contributed by atoms with E-state index in [1.165, 1.54) is 0 Å². The lowest BCUT2D eigenvalue weighted by Gasteiger charge is -2.37. The van der Waals surface area contributed by atoms with Crippen LogP contribution in [0.2, 0.25) is 0 Å². The molecule has 0 unspecified atom stereocenters. The number of nitrogens with two attached hydrogens (primary N) is 1. The zero-order chi connectivity index (χ0) is 22.9. The van der Waals surface area contributed by atoms with E-state index in [2.05, 4.69) is 21.3 Å². The Morgan fingerprint density at radius 3 is 2.50 bits per heavy atom. The van der Waals surface area contributed by atoms with Crippen molar-refractivity contribution in [3.05, 3.63) is 35.4 Å². The molecule has 0 amide bonds. The molecule has 6 nitrogen and oxygen atoms in total. The van der Waals surface area contributed by atoms with E-state index in [4.69, 9.17) is 10.7 Å². The van der Waals surface area contributed by atoms with Gasteiger partial charge in [-0.1, -0.05) is 11.6 Å². The molecule has 8 heteroatoms. The van der Waals surface area contributed by atoms with Crippen LogP contribution in [0.15, 0.2) is 29.3 Å². The SMILES string of the molecule is Cc1ccc2nc(N3CCC(NC4CCC(F)(F)CC4)CC3)c(C(N)=N[C@H](C)O)cc2c1. The van der Waals surface area contributed by atoms with Crippen LogP contribution in [0.3, 0.4) is 0 Å². The van der Waals surface area contributed by atoms with Crippen LogP contribution in [-0.4, -0.2) is 53.2 Å². The smallest absolute Gasteiger partial charge is 0.248 e. The minimum Gasteiger partial charge on any atom is -0.383 e. The van der Waals surface area contributed by atoms with Crippen LogP contribution < -0.4 is 16.0 Å². The highest BCUT2D eigenvalue weighted by atomic mass is 19.3. The summed E-state index contributed by atoms with van der Waals surface area (Å²) in [5.41, 5.74) is 9.01. The first-order chi connectivity index (χ1) is 15.2. The summed E-state index contributed by atoms with van der Waals surface area (Å²) in [7, 11) is 0. The second-order valence-electron chi connectivity index (χ2n) is 9.26. The Morgan fingerprint density at radius 1 is 1.19 bits per heavy atom. The lowest BCUT2D eigenvalue weighted by molar-refractivity contribution is -0.0414. The molecule has 1 saturated heterocycles. The zero-order valence-corrected chi connectivity index (χ0v) is 18.8. The number of aliphatic hydroxyl groups is 1. The molecule has 2 aromatic rings. The number of pyridine rings is 1. The van der Waals surface area contributed by atoms with E-state index in [0.29, 0.717) is 18.9 Å². The first-order valence-electron chi connectivity index (χ1n) is 11.5. The molecule has 2 aliphatic rings. The molecule has 2 heterocycles. The average molecular weight is 446 g/mol. The lowest BCUT2D eigenvalue weighted by Crippen LogP contribution is -2.48. The first-order valence-corrected chi connectivity index (χ1v) is 11.5. The molecule has 174 valence electrons. The summed E-state index contributed by atoms with van der Waals surface area (Å²) in [6.45, 7) is 5.19. The van der Waals surface area contributed by atoms with Gasteiger partial charge in [0.1, 0.15) is 17.9 Å². The normalized spacial score (nSPS) is 21.8. The molecule has 1 aliphatic carbocycles. The van der Waals surface area contributed by atoms with Crippen LogP contribution in [-0.2, 0) is 0 Å². The van der Waals surface area contributed by atoms with Crippen LogP contribution in [0.4, 0.5) is 14.6 Å². The zero-order valence-electron chi connectivity index (χ0n) is 18.8. The van der Waals surface area contributed by atoms with Crippen molar-refractivity contribution in [1.29, 1.82) is 0 Å². The molecule has 1 aromatic heterocycles. The molecule has 4 rings (SSSR count). The molecule has 1 aromatic carbocycles. The Kier molecular flexibility index (Phi) is 6.62. The summed E-state index contributed by atoms with van der Waals surface area (Å²) < 4.78 is 26.9. The van der Waals surface area contributed by atoms with Gasteiger partial charge in [-0.2, -0.15) is 0 Å². The number of alkyl halides is 2. The Morgan fingerprint density at radius 2 is 1.84 bits per heavy atom. The maximum absolute atomic E-state index is 13.4. The van der Waals surface area contributed by atoms with Gasteiger partial charge < -0.3 is 21.1 Å². The summed E-state index contributed by atoms with van der Waals surface area (Å²) in [5, 5.41) is 14.3. The number of aliphatic imine (C=N–C) groups is 1. The molecule has 32 heavy (non-hydrogen) atoms. The molecule has 4 N–H and O–H groups in total. The number of nitrogens with one attached hydrogen (secondary N) is 1. The number of piperidine rings is 1. The molecule has 1 saturated carbocycles. The van der Waals surface area contributed by atoms with Gasteiger partial charge in [0, 0.05) is 43.4 Å². The van der Waals surface area contributed by atoms with Crippen LogP contribution >= 0.6 is 0 Å². The number of hydrogen-bond acceptors (Lipinski definition) is 5. The molecule has 1 atom stereocenters. The van der Waals surface area contributed by atoms with E-state index >= 15 is 0 Å². The van der Waals surface area contributed by atoms with E-state index in [0.717, 1.165) is 53.8 Å². The van der Waals surface area contributed by atoms with Gasteiger partial charge in [0.05, 0.1) is 11.1 Å². The van der Waals surface area contributed by atoms with Gasteiger partial charge in [-0.15, -0.1) is 0 Å². The molecule has 0 spiro atoms. The van der Waals surface area contributed by atoms with Crippen molar-refractivity contribution in [3.63, 3.8) is 0 Å². The molecular weight excluding hydrogens is 412 g/mol. The van der Waals surface area contributed by atoms with Crippen molar-refractivity contribution in [2.75, 3.05) is 18.0 Å². The Balaban J connectivity index is 1.50. The van der Waals surface area contributed by atoms with E-state index in [1.54, 1.807) is 6.92 Å². The first kappa shape index (κ1) is 22.9. The summed E-state index contributed by atoms with van der Waals surface area (Å²) >= 11 is 0. The van der Waals surface area contributed by atoms with Crippen molar-refractivity contribution in [2.45, 2.75) is 76.6 Å². The highest BCUT2D eigenvalue weighted by Crippen LogP contribution is 2.34. The second kappa shape index (κ2) is 9.27. The number of nitrogens with zero attached hydrogens (tertiary/aromatic N) is 3. The second-order valence-corrected chi connectivity index (χ2v) is 9.26. The van der Waals surface area contributed by atoms with Crippen molar-refractivity contribution in [2.24, 2.45) is 10.7 Å². The number of fused-ring (bicyclic) bond motifs is 1. The number of amidine groups is 1. The fourth-order valence-electron chi connectivity index (χ4n) is 4.78. The third kappa shape index (κ3) is 5.35. The van der Waals surface area contributed by atoms with Gasteiger partial charge in [0.25, 0.3) is 0 Å². The summed E-state index contributed by atoms with van der Waals surface area (Å²) in [5.74, 6) is -1.44. The van der Waals surface area contributed by atoms with E-state index < -0.39 is 12.2 Å². The van der Waals surface area contributed by atoms with Crippen molar-refractivity contribution in [1.82, 2.24) is 10.3 Å². The van der Waals surface area contributed by atoms with Crippen molar-refractivity contribution in [3.8, 4) is 0 Å². The van der Waals surface area contributed by atoms with Gasteiger partial charge in [0.15, 0.2) is 0 Å². The number of rotatable bonds is 5. The topological polar surface area (TPSA) is 86.8 Å². The number of hydrogen-bond donors (Lipinski definition) is 3. The Bertz CT molecular complexity index is 976. The summed E-state index contributed by atoms with van der Waals surface area (Å²) in [6.07, 6.45) is 1.96. The fourth-order valence-corrected chi connectivity index (χ4v) is 4.78. The Hall–Kier alpha value is -2.32. The Labute approximate surface area is 187 Å². The van der Waals surface area contributed by atoms with Gasteiger partial charge in [-0.25, -0.2) is 18.8 Å². The molecular formula is C24H33F2N5O. The standard InChI is InChI=1S/C24H33F2N5O/c1-15-3-4-21-17(13-15)14-20(22(27)28-16(2)32)23(30-21)31-11-7-19(8-12-31)29-18-5-9-24(25,26)10-6-18/h3-4,13-14,16,18-19,29,32H,5-12H2,1-2H3,(H2,27,28)/t16-/m0/s1. The van der Waals surface area contributed by atoms with Gasteiger partial charge in [-0.3, -0.25) is 0 Å². The number of anilines is 1. The number of aryl methyl sites for hydroxylation is 1. The number of benzene rings is 1. The van der Waals surface area contributed by atoms with Crippen LogP contribution in [0.25, 0.3) is 10.9 Å². The van der Waals surface area contributed by atoms with E-state index in [-0.39, 0.29) is 24.7 Å². The van der Waals surface area contributed by atoms with Crippen LogP contribution in [0.5, 0.6) is 0 Å². The largest absolute Gasteiger partial charge is 0.383 e. The van der Waals surface area contributed by atoms with Gasteiger partial charge in [-0.05, 0) is 57.7 Å². The molecule has 2 fully saturated rings. The molecule has 1 aliphatic heterocycles. The van der Waals surface area contributed by atoms with E-state index in [1.807, 2.05) is 25.1 Å². The van der Waals surface area contributed by atoms with Crippen LogP contribution in [0, 0.1) is 6.92 Å². The molecule has 0 radical (unpaired) electrons. The minimum atomic E-state index is -2.49.